The number of amides is 1. The molecular formula is C20H21F3N2O3. The number of rotatable bonds is 3. The molecule has 1 amide bonds. The second-order valence-corrected chi connectivity index (χ2v) is 7.51. The SMILES string of the molecule is O=C(CC(F)(F)F)N1CCN(Cc2cc(=O)oc3cc4c(cc23)CCC4)CC1. The monoisotopic (exact) mass is 394 g/mol. The topological polar surface area (TPSA) is 53.8 Å². The minimum Gasteiger partial charge on any atom is -0.423 e. The first-order valence-corrected chi connectivity index (χ1v) is 9.44. The number of nitrogens with zero attached hydrogens (tertiary/aromatic N) is 2. The van der Waals surface area contributed by atoms with Crippen molar-refractivity contribution in [3.8, 4) is 0 Å². The molecule has 4 rings (SSSR count). The van der Waals surface area contributed by atoms with Crippen LogP contribution in [0.1, 0.15) is 29.5 Å². The quantitative estimate of drug-likeness (QED) is 0.752. The number of fused-ring (bicyclic) bond motifs is 2. The first kappa shape index (κ1) is 19.0. The normalized spacial score (nSPS) is 17.9. The standard InChI is InChI=1S/C20H21F3N2O3/c21-20(22,23)11-18(26)25-6-4-24(5-7-25)12-15-10-19(27)28-17-9-14-3-1-2-13(14)8-16(15)17/h8-10H,1-7,11-12H2. The molecule has 0 saturated carbocycles. The average molecular weight is 394 g/mol. The summed E-state index contributed by atoms with van der Waals surface area (Å²) in [7, 11) is 0. The largest absolute Gasteiger partial charge is 0.423 e. The number of alkyl halides is 3. The van der Waals surface area contributed by atoms with Gasteiger partial charge in [0.2, 0.25) is 5.91 Å². The van der Waals surface area contributed by atoms with Crippen molar-refractivity contribution >= 4 is 16.9 Å². The van der Waals surface area contributed by atoms with Crippen LogP contribution >= 0.6 is 0 Å². The number of carbonyl (C=O) groups is 1. The molecule has 0 atom stereocenters. The second-order valence-electron chi connectivity index (χ2n) is 7.51. The van der Waals surface area contributed by atoms with Gasteiger partial charge in [-0.1, -0.05) is 0 Å². The number of benzene rings is 1. The van der Waals surface area contributed by atoms with Gasteiger partial charge in [-0.15, -0.1) is 0 Å². The van der Waals surface area contributed by atoms with E-state index in [1.165, 1.54) is 22.1 Å². The third-order valence-electron chi connectivity index (χ3n) is 5.51. The van der Waals surface area contributed by atoms with Crippen LogP contribution in [0, 0.1) is 0 Å². The van der Waals surface area contributed by atoms with Crippen molar-refractivity contribution in [2.75, 3.05) is 26.2 Å². The summed E-state index contributed by atoms with van der Waals surface area (Å²) in [6.07, 6.45) is -2.79. The van der Waals surface area contributed by atoms with Crippen molar-refractivity contribution in [3.05, 3.63) is 45.3 Å². The molecular weight excluding hydrogens is 373 g/mol. The number of carbonyl (C=O) groups excluding carboxylic acids is 1. The lowest BCUT2D eigenvalue weighted by atomic mass is 10.0. The predicted molar refractivity (Wildman–Crippen MR) is 97.0 cm³/mol. The third-order valence-corrected chi connectivity index (χ3v) is 5.51. The molecule has 0 N–H and O–H groups in total. The van der Waals surface area contributed by atoms with Gasteiger partial charge in [-0.2, -0.15) is 13.2 Å². The summed E-state index contributed by atoms with van der Waals surface area (Å²) in [6.45, 7) is 1.95. The van der Waals surface area contributed by atoms with E-state index in [1.54, 1.807) is 0 Å². The Kier molecular flexibility index (Phi) is 4.91. The molecule has 1 saturated heterocycles. The van der Waals surface area contributed by atoms with Gasteiger partial charge in [0.1, 0.15) is 12.0 Å². The molecule has 1 aromatic heterocycles. The Balaban J connectivity index is 1.48. The van der Waals surface area contributed by atoms with Gasteiger partial charge in [-0.25, -0.2) is 4.79 Å². The fourth-order valence-corrected chi connectivity index (χ4v) is 4.11. The minimum atomic E-state index is -4.48. The van der Waals surface area contributed by atoms with Crippen LogP contribution in [0.15, 0.2) is 27.4 Å². The Bertz CT molecular complexity index is 960. The zero-order valence-electron chi connectivity index (χ0n) is 15.3. The van der Waals surface area contributed by atoms with Gasteiger partial charge < -0.3 is 9.32 Å². The summed E-state index contributed by atoms with van der Waals surface area (Å²) < 4.78 is 42.6. The summed E-state index contributed by atoms with van der Waals surface area (Å²) in [4.78, 5) is 27.0. The second kappa shape index (κ2) is 7.24. The molecule has 150 valence electrons. The van der Waals surface area contributed by atoms with Crippen LogP contribution in [0.2, 0.25) is 0 Å². The Morgan fingerprint density at radius 1 is 1.04 bits per heavy atom. The lowest BCUT2D eigenvalue weighted by Gasteiger charge is -2.35. The van der Waals surface area contributed by atoms with E-state index in [-0.39, 0.29) is 13.1 Å². The van der Waals surface area contributed by atoms with Gasteiger partial charge in [0.15, 0.2) is 0 Å². The average Bonchev–Trinajstić information content (AvgIpc) is 3.06. The summed E-state index contributed by atoms with van der Waals surface area (Å²) in [6, 6.07) is 5.54. The van der Waals surface area contributed by atoms with E-state index in [9.17, 15) is 22.8 Å². The molecule has 0 bridgehead atoms. The van der Waals surface area contributed by atoms with Crippen LogP contribution in [-0.2, 0) is 24.2 Å². The van der Waals surface area contributed by atoms with E-state index in [1.807, 2.05) is 6.07 Å². The van der Waals surface area contributed by atoms with E-state index in [2.05, 4.69) is 11.0 Å². The highest BCUT2D eigenvalue weighted by atomic mass is 19.4. The maximum Gasteiger partial charge on any atom is 0.397 e. The molecule has 1 aromatic carbocycles. The van der Waals surface area contributed by atoms with Crippen molar-refractivity contribution in [2.24, 2.45) is 0 Å². The molecule has 8 heteroatoms. The van der Waals surface area contributed by atoms with E-state index >= 15 is 0 Å². The smallest absolute Gasteiger partial charge is 0.397 e. The molecule has 2 aromatic rings. The van der Waals surface area contributed by atoms with Crippen LogP contribution in [0.4, 0.5) is 13.2 Å². The molecule has 0 spiro atoms. The van der Waals surface area contributed by atoms with Crippen LogP contribution < -0.4 is 5.63 Å². The van der Waals surface area contributed by atoms with Gasteiger partial charge in [-0.05, 0) is 48.1 Å². The molecule has 2 heterocycles. The number of hydrogen-bond donors (Lipinski definition) is 0. The Morgan fingerprint density at radius 3 is 2.39 bits per heavy atom. The zero-order chi connectivity index (χ0) is 19.9. The Labute approximate surface area is 159 Å². The van der Waals surface area contributed by atoms with Crippen molar-refractivity contribution < 1.29 is 22.4 Å². The zero-order valence-corrected chi connectivity index (χ0v) is 15.3. The number of hydrogen-bond acceptors (Lipinski definition) is 4. The van der Waals surface area contributed by atoms with Gasteiger partial charge in [0, 0.05) is 44.2 Å². The van der Waals surface area contributed by atoms with E-state index < -0.39 is 24.1 Å². The van der Waals surface area contributed by atoms with Crippen molar-refractivity contribution in [1.82, 2.24) is 9.80 Å². The number of piperazine rings is 1. The van der Waals surface area contributed by atoms with Crippen molar-refractivity contribution in [3.63, 3.8) is 0 Å². The molecule has 0 radical (unpaired) electrons. The first-order valence-electron chi connectivity index (χ1n) is 9.44. The lowest BCUT2D eigenvalue weighted by molar-refractivity contribution is -0.162. The lowest BCUT2D eigenvalue weighted by Crippen LogP contribution is -2.49. The van der Waals surface area contributed by atoms with Crippen molar-refractivity contribution in [1.29, 1.82) is 0 Å². The first-order chi connectivity index (χ1) is 13.3. The third kappa shape index (κ3) is 4.06. The van der Waals surface area contributed by atoms with Gasteiger partial charge in [0.25, 0.3) is 0 Å². The minimum absolute atomic E-state index is 0.254. The van der Waals surface area contributed by atoms with Gasteiger partial charge >= 0.3 is 11.8 Å². The molecule has 1 fully saturated rings. The van der Waals surface area contributed by atoms with Crippen molar-refractivity contribution in [2.45, 2.75) is 38.4 Å². The van der Waals surface area contributed by atoms with E-state index in [4.69, 9.17) is 4.42 Å². The number of aryl methyl sites for hydroxylation is 2. The summed E-state index contributed by atoms with van der Waals surface area (Å²) in [5.74, 6) is -0.881. The van der Waals surface area contributed by atoms with E-state index in [0.717, 1.165) is 30.2 Å². The summed E-state index contributed by atoms with van der Waals surface area (Å²) in [5.41, 5.74) is 3.55. The highest BCUT2D eigenvalue weighted by molar-refractivity contribution is 5.82. The van der Waals surface area contributed by atoms with Crippen LogP contribution in [-0.4, -0.2) is 48.1 Å². The maximum absolute atomic E-state index is 12.4. The van der Waals surface area contributed by atoms with Crippen LogP contribution in [0.3, 0.4) is 0 Å². The van der Waals surface area contributed by atoms with Gasteiger partial charge in [0.05, 0.1) is 0 Å². The molecule has 1 aliphatic heterocycles. The van der Waals surface area contributed by atoms with Gasteiger partial charge in [-0.3, -0.25) is 9.69 Å². The molecule has 2 aliphatic rings. The maximum atomic E-state index is 12.4. The predicted octanol–water partition coefficient (Wildman–Crippen LogP) is 2.88. The number of halogens is 3. The molecule has 28 heavy (non-hydrogen) atoms. The highest BCUT2D eigenvalue weighted by Crippen LogP contribution is 2.29. The Hall–Kier alpha value is -2.35. The molecule has 5 nitrogen and oxygen atoms in total. The summed E-state index contributed by atoms with van der Waals surface area (Å²) in [5, 5.41) is 0.913. The summed E-state index contributed by atoms with van der Waals surface area (Å²) >= 11 is 0. The molecule has 0 unspecified atom stereocenters. The fourth-order valence-electron chi connectivity index (χ4n) is 4.11. The fraction of sp³-hybridized carbons (Fsp3) is 0.500. The molecule has 1 aliphatic carbocycles. The van der Waals surface area contributed by atoms with Crippen LogP contribution in [0.5, 0.6) is 0 Å². The highest BCUT2D eigenvalue weighted by Gasteiger charge is 2.34. The van der Waals surface area contributed by atoms with Crippen LogP contribution in [0.25, 0.3) is 11.0 Å². The van der Waals surface area contributed by atoms with E-state index in [0.29, 0.717) is 25.2 Å². The Morgan fingerprint density at radius 2 is 1.71 bits per heavy atom.